The maximum absolute atomic E-state index is 10.3. The maximum atomic E-state index is 10.3. The number of nitrogens with two attached hydrogens (primary N) is 1. The Morgan fingerprint density at radius 3 is 2.62 bits per heavy atom. The first kappa shape index (κ1) is 7.72. The minimum absolute atomic E-state index is 0.119. The van der Waals surface area contributed by atoms with E-state index in [1.807, 2.05) is 0 Å². The Labute approximate surface area is 52.8 Å². The lowest BCUT2D eigenvalue weighted by atomic mass is 10.4. The summed E-state index contributed by atoms with van der Waals surface area (Å²) in [6.45, 7) is 0.119. The van der Waals surface area contributed by atoms with Crippen molar-refractivity contribution in [3.8, 4) is 0 Å². The topological polar surface area (TPSA) is 52.3 Å². The zero-order chi connectivity index (χ0) is 6.57. The number of esters is 1. The molecule has 48 valence electrons. The van der Waals surface area contributed by atoms with Gasteiger partial charge in [0.1, 0.15) is 5.38 Å². The molecule has 2 N–H and O–H groups in total. The number of ether oxygens (including phenoxy) is 1. The first-order valence-corrected chi connectivity index (χ1v) is 2.58. The Morgan fingerprint density at radius 2 is 2.50 bits per heavy atom. The van der Waals surface area contributed by atoms with Gasteiger partial charge in [-0.1, -0.05) is 0 Å². The van der Waals surface area contributed by atoms with E-state index >= 15 is 0 Å². The highest BCUT2D eigenvalue weighted by Gasteiger charge is 2.11. The van der Waals surface area contributed by atoms with Crippen LogP contribution in [0.5, 0.6) is 0 Å². The first-order valence-electron chi connectivity index (χ1n) is 2.14. The van der Waals surface area contributed by atoms with Crippen molar-refractivity contribution in [3.63, 3.8) is 0 Å². The smallest absolute Gasteiger partial charge is 0.325 e. The highest BCUT2D eigenvalue weighted by Crippen LogP contribution is 1.93. The molecule has 0 heterocycles. The number of methoxy groups -OCH3 is 1. The van der Waals surface area contributed by atoms with Crippen LogP contribution in [-0.2, 0) is 9.53 Å². The average molecular weight is 138 g/mol. The lowest BCUT2D eigenvalue weighted by Crippen LogP contribution is -2.24. The van der Waals surface area contributed by atoms with Gasteiger partial charge < -0.3 is 10.5 Å². The van der Waals surface area contributed by atoms with Crippen molar-refractivity contribution in [1.82, 2.24) is 0 Å². The van der Waals surface area contributed by atoms with Crippen LogP contribution in [0.25, 0.3) is 0 Å². The standard InChI is InChI=1S/C4H8ClNO2/c1-8-4(7)3(5)2-6/h3H,2,6H2,1H3. The van der Waals surface area contributed by atoms with E-state index in [1.54, 1.807) is 0 Å². The summed E-state index contributed by atoms with van der Waals surface area (Å²) in [5.74, 6) is -0.478. The highest BCUT2D eigenvalue weighted by atomic mass is 35.5. The Kier molecular flexibility index (Phi) is 3.56. The summed E-state index contributed by atoms with van der Waals surface area (Å²) in [6, 6.07) is 0. The molecule has 8 heavy (non-hydrogen) atoms. The van der Waals surface area contributed by atoms with Gasteiger partial charge in [0, 0.05) is 6.54 Å². The Hall–Kier alpha value is -0.280. The van der Waals surface area contributed by atoms with E-state index < -0.39 is 11.3 Å². The number of carbonyl (C=O) groups excluding carboxylic acids is 1. The van der Waals surface area contributed by atoms with E-state index in [0.717, 1.165) is 0 Å². The largest absolute Gasteiger partial charge is 0.468 e. The molecule has 4 heteroatoms. The molecule has 3 nitrogen and oxygen atoms in total. The molecule has 0 aromatic rings. The summed E-state index contributed by atoms with van der Waals surface area (Å²) in [6.07, 6.45) is 0. The number of rotatable bonds is 2. The Bertz CT molecular complexity index is 86.1. The van der Waals surface area contributed by atoms with Crippen molar-refractivity contribution in [2.75, 3.05) is 13.7 Å². The third-order valence-corrected chi connectivity index (χ3v) is 1.02. The molecule has 0 spiro atoms. The second-order valence-electron chi connectivity index (χ2n) is 1.23. The summed E-state index contributed by atoms with van der Waals surface area (Å²) in [7, 11) is 1.27. The summed E-state index contributed by atoms with van der Waals surface area (Å²) in [5.41, 5.74) is 5.02. The summed E-state index contributed by atoms with van der Waals surface area (Å²) < 4.78 is 4.25. The average Bonchev–Trinajstić information content (AvgIpc) is 1.84. The molecule has 0 amide bonds. The lowest BCUT2D eigenvalue weighted by Gasteiger charge is -2.00. The van der Waals surface area contributed by atoms with Crippen LogP contribution in [0.15, 0.2) is 0 Å². The third-order valence-electron chi connectivity index (χ3n) is 0.664. The van der Waals surface area contributed by atoms with Crippen LogP contribution < -0.4 is 5.73 Å². The third kappa shape index (κ3) is 2.14. The molecule has 0 aromatic heterocycles. The van der Waals surface area contributed by atoms with Gasteiger partial charge in [0.2, 0.25) is 0 Å². The molecule has 0 bridgehead atoms. The predicted molar refractivity (Wildman–Crippen MR) is 30.7 cm³/mol. The molecule has 0 aliphatic rings. The molecular weight excluding hydrogens is 130 g/mol. The molecule has 0 aromatic carbocycles. The summed E-state index contributed by atoms with van der Waals surface area (Å²) in [5, 5.41) is -0.694. The molecule has 0 aliphatic heterocycles. The molecule has 0 saturated carbocycles. The van der Waals surface area contributed by atoms with Crippen molar-refractivity contribution in [3.05, 3.63) is 0 Å². The van der Waals surface area contributed by atoms with Gasteiger partial charge in [0.25, 0.3) is 0 Å². The zero-order valence-electron chi connectivity index (χ0n) is 4.56. The second-order valence-corrected chi connectivity index (χ2v) is 1.75. The fraction of sp³-hybridized carbons (Fsp3) is 0.750. The fourth-order valence-electron chi connectivity index (χ4n) is 0.224. The van der Waals surface area contributed by atoms with Crippen LogP contribution in [0.1, 0.15) is 0 Å². The zero-order valence-corrected chi connectivity index (χ0v) is 5.31. The van der Waals surface area contributed by atoms with E-state index in [9.17, 15) is 4.79 Å². The van der Waals surface area contributed by atoms with Gasteiger partial charge in [-0.3, -0.25) is 4.79 Å². The number of carbonyl (C=O) groups is 1. The number of alkyl halides is 1. The van der Waals surface area contributed by atoms with E-state index in [1.165, 1.54) is 7.11 Å². The quantitative estimate of drug-likeness (QED) is 0.421. The maximum Gasteiger partial charge on any atom is 0.325 e. The minimum Gasteiger partial charge on any atom is -0.468 e. The number of hydrogen-bond acceptors (Lipinski definition) is 3. The fourth-order valence-corrected chi connectivity index (χ4v) is 0.313. The van der Waals surface area contributed by atoms with Crippen molar-refractivity contribution in [2.45, 2.75) is 5.38 Å². The molecule has 0 rings (SSSR count). The van der Waals surface area contributed by atoms with Crippen molar-refractivity contribution < 1.29 is 9.53 Å². The predicted octanol–water partition coefficient (Wildman–Crippen LogP) is -0.275. The minimum atomic E-state index is -0.694. The molecule has 0 fully saturated rings. The SMILES string of the molecule is COC(=O)C(Cl)CN. The van der Waals surface area contributed by atoms with Crippen LogP contribution in [0.3, 0.4) is 0 Å². The van der Waals surface area contributed by atoms with E-state index in [2.05, 4.69) is 4.74 Å². The molecule has 0 radical (unpaired) electrons. The van der Waals surface area contributed by atoms with Crippen LogP contribution >= 0.6 is 11.6 Å². The molecule has 1 unspecified atom stereocenters. The van der Waals surface area contributed by atoms with Gasteiger partial charge >= 0.3 is 5.97 Å². The van der Waals surface area contributed by atoms with Gasteiger partial charge in [0.15, 0.2) is 0 Å². The van der Waals surface area contributed by atoms with Gasteiger partial charge in [-0.2, -0.15) is 0 Å². The summed E-state index contributed by atoms with van der Waals surface area (Å²) in [4.78, 5) is 10.3. The van der Waals surface area contributed by atoms with E-state index in [-0.39, 0.29) is 6.54 Å². The van der Waals surface area contributed by atoms with Crippen LogP contribution in [0.4, 0.5) is 0 Å². The number of hydrogen-bond donors (Lipinski definition) is 1. The van der Waals surface area contributed by atoms with Crippen LogP contribution in [-0.4, -0.2) is 25.0 Å². The van der Waals surface area contributed by atoms with Crippen LogP contribution in [0.2, 0.25) is 0 Å². The normalized spacial score (nSPS) is 12.9. The highest BCUT2D eigenvalue weighted by molar-refractivity contribution is 6.30. The van der Waals surface area contributed by atoms with Crippen molar-refractivity contribution in [1.29, 1.82) is 0 Å². The van der Waals surface area contributed by atoms with Gasteiger partial charge in [-0.05, 0) is 0 Å². The van der Waals surface area contributed by atoms with Gasteiger partial charge in [-0.25, -0.2) is 0 Å². The molecule has 1 atom stereocenters. The molecular formula is C4H8ClNO2. The Balaban J connectivity index is 3.46. The molecule has 0 saturated heterocycles. The molecule has 0 aliphatic carbocycles. The summed E-state index contributed by atoms with van der Waals surface area (Å²) >= 11 is 5.32. The second kappa shape index (κ2) is 3.69. The Morgan fingerprint density at radius 1 is 2.00 bits per heavy atom. The van der Waals surface area contributed by atoms with Gasteiger partial charge in [-0.15, -0.1) is 11.6 Å². The lowest BCUT2D eigenvalue weighted by molar-refractivity contribution is -0.139. The van der Waals surface area contributed by atoms with Crippen LogP contribution in [0, 0.1) is 0 Å². The number of halogens is 1. The van der Waals surface area contributed by atoms with E-state index in [0.29, 0.717) is 0 Å². The van der Waals surface area contributed by atoms with Gasteiger partial charge in [0.05, 0.1) is 7.11 Å². The van der Waals surface area contributed by atoms with Crippen molar-refractivity contribution >= 4 is 17.6 Å². The monoisotopic (exact) mass is 137 g/mol. The first-order chi connectivity index (χ1) is 3.72. The van der Waals surface area contributed by atoms with E-state index in [4.69, 9.17) is 17.3 Å². The van der Waals surface area contributed by atoms with Crippen molar-refractivity contribution in [2.24, 2.45) is 5.73 Å².